The van der Waals surface area contributed by atoms with Crippen LogP contribution in [0.25, 0.3) is 0 Å². The summed E-state index contributed by atoms with van der Waals surface area (Å²) in [6.45, 7) is 7.27. The van der Waals surface area contributed by atoms with Crippen molar-refractivity contribution in [3.8, 4) is 0 Å². The minimum Gasteiger partial charge on any atom is -0.369 e. The third-order valence-electron chi connectivity index (χ3n) is 4.99. The number of hydrogen-bond donors (Lipinski definition) is 1. The van der Waals surface area contributed by atoms with E-state index in [0.29, 0.717) is 0 Å². The van der Waals surface area contributed by atoms with Gasteiger partial charge in [-0.15, -0.1) is 0 Å². The summed E-state index contributed by atoms with van der Waals surface area (Å²) in [6, 6.07) is 7.15. The van der Waals surface area contributed by atoms with Gasteiger partial charge >= 0.3 is 0 Å². The van der Waals surface area contributed by atoms with Crippen molar-refractivity contribution in [1.82, 2.24) is 5.32 Å². The average molecular weight is 292 g/mol. The zero-order chi connectivity index (χ0) is 15.3. The summed E-state index contributed by atoms with van der Waals surface area (Å²) in [6.07, 6.45) is 5.05. The van der Waals surface area contributed by atoms with E-state index in [1.165, 1.54) is 25.7 Å². The molecule has 0 saturated heterocycles. The second-order valence-electron chi connectivity index (χ2n) is 6.68. The molecule has 0 aliphatic heterocycles. The van der Waals surface area contributed by atoms with Crippen LogP contribution in [-0.4, -0.2) is 26.7 Å². The number of halogens is 1. The van der Waals surface area contributed by atoms with Crippen LogP contribution in [0, 0.1) is 17.2 Å². The van der Waals surface area contributed by atoms with Crippen LogP contribution in [0.3, 0.4) is 0 Å². The maximum absolute atomic E-state index is 14.1. The van der Waals surface area contributed by atoms with Gasteiger partial charge in [0.25, 0.3) is 0 Å². The zero-order valence-corrected chi connectivity index (χ0v) is 13.7. The summed E-state index contributed by atoms with van der Waals surface area (Å²) < 4.78 is 14.1. The highest BCUT2D eigenvalue weighted by atomic mass is 19.1. The van der Waals surface area contributed by atoms with Crippen molar-refractivity contribution in [2.24, 2.45) is 11.3 Å². The Labute approximate surface area is 128 Å². The molecule has 1 fully saturated rings. The Hall–Kier alpha value is -1.09. The molecule has 1 aromatic rings. The van der Waals surface area contributed by atoms with Crippen LogP contribution in [0.2, 0.25) is 0 Å². The number of para-hydroxylation sites is 1. The van der Waals surface area contributed by atoms with Gasteiger partial charge in [0.15, 0.2) is 0 Å². The van der Waals surface area contributed by atoms with Crippen LogP contribution in [0.15, 0.2) is 24.3 Å². The lowest BCUT2D eigenvalue weighted by atomic mass is 9.70. The van der Waals surface area contributed by atoms with E-state index in [9.17, 15) is 4.39 Å². The number of benzene rings is 1. The Morgan fingerprint density at radius 3 is 2.52 bits per heavy atom. The first-order valence-corrected chi connectivity index (χ1v) is 8.24. The van der Waals surface area contributed by atoms with Crippen molar-refractivity contribution in [3.05, 3.63) is 30.1 Å². The standard InChI is InChI=1S/C18H29FN2/c1-4-21(17-8-6-5-7-16(17)19)14-18(13-20-3)11-9-15(2)10-12-18/h5-8,15,20H,4,9-14H2,1-3H3. The van der Waals surface area contributed by atoms with Gasteiger partial charge in [0.05, 0.1) is 5.69 Å². The van der Waals surface area contributed by atoms with Gasteiger partial charge in [0, 0.05) is 25.0 Å². The van der Waals surface area contributed by atoms with E-state index < -0.39 is 0 Å². The predicted octanol–water partition coefficient (Wildman–Crippen LogP) is 4.07. The van der Waals surface area contributed by atoms with Gasteiger partial charge in [-0.05, 0) is 44.9 Å². The molecule has 1 saturated carbocycles. The van der Waals surface area contributed by atoms with E-state index in [4.69, 9.17) is 0 Å². The monoisotopic (exact) mass is 292 g/mol. The second-order valence-corrected chi connectivity index (χ2v) is 6.68. The fourth-order valence-corrected chi connectivity index (χ4v) is 3.62. The lowest BCUT2D eigenvalue weighted by Crippen LogP contribution is -2.46. The molecule has 118 valence electrons. The van der Waals surface area contributed by atoms with Crippen LogP contribution < -0.4 is 10.2 Å². The van der Waals surface area contributed by atoms with E-state index >= 15 is 0 Å². The highest BCUT2D eigenvalue weighted by Crippen LogP contribution is 2.40. The molecular formula is C18H29FN2. The van der Waals surface area contributed by atoms with Crippen molar-refractivity contribution in [2.45, 2.75) is 39.5 Å². The molecule has 0 aromatic heterocycles. The van der Waals surface area contributed by atoms with Crippen LogP contribution in [0.1, 0.15) is 39.5 Å². The van der Waals surface area contributed by atoms with E-state index in [2.05, 4.69) is 24.1 Å². The molecule has 0 atom stereocenters. The maximum Gasteiger partial charge on any atom is 0.146 e. The molecule has 21 heavy (non-hydrogen) atoms. The number of anilines is 1. The van der Waals surface area contributed by atoms with E-state index in [-0.39, 0.29) is 11.2 Å². The highest BCUT2D eigenvalue weighted by molar-refractivity contribution is 5.47. The van der Waals surface area contributed by atoms with E-state index in [0.717, 1.165) is 31.2 Å². The molecule has 0 heterocycles. The van der Waals surface area contributed by atoms with Crippen molar-refractivity contribution in [1.29, 1.82) is 0 Å². The predicted molar refractivity (Wildman–Crippen MR) is 88.3 cm³/mol. The first-order chi connectivity index (χ1) is 10.1. The van der Waals surface area contributed by atoms with Crippen molar-refractivity contribution in [3.63, 3.8) is 0 Å². The summed E-state index contributed by atoms with van der Waals surface area (Å²) in [5.74, 6) is 0.724. The molecule has 1 aromatic carbocycles. The molecule has 1 aliphatic rings. The van der Waals surface area contributed by atoms with Crippen LogP contribution in [-0.2, 0) is 0 Å². The largest absolute Gasteiger partial charge is 0.369 e. The topological polar surface area (TPSA) is 15.3 Å². The third kappa shape index (κ3) is 3.97. The highest BCUT2D eigenvalue weighted by Gasteiger charge is 2.35. The van der Waals surface area contributed by atoms with Gasteiger partial charge in [-0.3, -0.25) is 0 Å². The maximum atomic E-state index is 14.1. The smallest absolute Gasteiger partial charge is 0.146 e. The summed E-state index contributed by atoms with van der Waals surface area (Å²) in [4.78, 5) is 2.21. The Balaban J connectivity index is 2.16. The molecule has 0 unspecified atom stereocenters. The Morgan fingerprint density at radius 2 is 1.95 bits per heavy atom. The summed E-state index contributed by atoms with van der Waals surface area (Å²) in [5, 5.41) is 3.37. The molecule has 2 nitrogen and oxygen atoms in total. The Morgan fingerprint density at radius 1 is 1.29 bits per heavy atom. The second kappa shape index (κ2) is 7.26. The van der Waals surface area contributed by atoms with Crippen LogP contribution in [0.4, 0.5) is 10.1 Å². The average Bonchev–Trinajstić information content (AvgIpc) is 2.49. The first-order valence-electron chi connectivity index (χ1n) is 8.24. The van der Waals surface area contributed by atoms with Crippen LogP contribution >= 0.6 is 0 Å². The van der Waals surface area contributed by atoms with Gasteiger partial charge in [0.1, 0.15) is 5.82 Å². The molecule has 0 radical (unpaired) electrons. The fraction of sp³-hybridized carbons (Fsp3) is 0.667. The molecule has 0 amide bonds. The molecule has 1 N–H and O–H groups in total. The normalized spacial score (nSPS) is 25.8. The van der Waals surface area contributed by atoms with Crippen LogP contribution in [0.5, 0.6) is 0 Å². The third-order valence-corrected chi connectivity index (χ3v) is 4.99. The number of nitrogens with one attached hydrogen (secondary N) is 1. The fourth-order valence-electron chi connectivity index (χ4n) is 3.62. The van der Waals surface area contributed by atoms with E-state index in [1.807, 2.05) is 19.2 Å². The molecule has 0 spiro atoms. The number of nitrogens with zero attached hydrogens (tertiary/aromatic N) is 1. The Kier molecular flexibility index (Phi) is 5.63. The first kappa shape index (κ1) is 16.3. The lowest BCUT2D eigenvalue weighted by Gasteiger charge is -2.43. The van der Waals surface area contributed by atoms with Gasteiger partial charge in [-0.2, -0.15) is 0 Å². The summed E-state index contributed by atoms with van der Waals surface area (Å²) in [5.41, 5.74) is 1.02. The van der Waals surface area contributed by atoms with E-state index in [1.54, 1.807) is 12.1 Å². The zero-order valence-electron chi connectivity index (χ0n) is 13.7. The molecule has 2 rings (SSSR count). The molecule has 3 heteroatoms. The van der Waals surface area contributed by atoms with Gasteiger partial charge in [-0.1, -0.05) is 31.9 Å². The SMILES string of the molecule is CCN(CC1(CNC)CCC(C)CC1)c1ccccc1F. The quantitative estimate of drug-likeness (QED) is 0.850. The Bertz CT molecular complexity index is 439. The van der Waals surface area contributed by atoms with Gasteiger partial charge < -0.3 is 10.2 Å². The summed E-state index contributed by atoms with van der Waals surface area (Å²) in [7, 11) is 2.03. The van der Waals surface area contributed by atoms with Gasteiger partial charge in [0.2, 0.25) is 0 Å². The lowest BCUT2D eigenvalue weighted by molar-refractivity contribution is 0.159. The number of hydrogen-bond acceptors (Lipinski definition) is 2. The molecule has 0 bridgehead atoms. The van der Waals surface area contributed by atoms with Crippen molar-refractivity contribution in [2.75, 3.05) is 31.6 Å². The van der Waals surface area contributed by atoms with Crippen molar-refractivity contribution >= 4 is 5.69 Å². The minimum absolute atomic E-state index is 0.108. The van der Waals surface area contributed by atoms with Crippen molar-refractivity contribution < 1.29 is 4.39 Å². The summed E-state index contributed by atoms with van der Waals surface area (Å²) >= 11 is 0. The number of rotatable bonds is 6. The van der Waals surface area contributed by atoms with Gasteiger partial charge in [-0.25, -0.2) is 4.39 Å². The molecular weight excluding hydrogens is 263 g/mol. The molecule has 1 aliphatic carbocycles. The minimum atomic E-state index is -0.108.